The maximum atomic E-state index is 12.8. The van der Waals surface area contributed by atoms with Crippen LogP contribution in [0.1, 0.15) is 206 Å². The predicted molar refractivity (Wildman–Crippen MR) is 240 cm³/mol. The highest BCUT2D eigenvalue weighted by atomic mass is 31.2. The van der Waals surface area contributed by atoms with Gasteiger partial charge in [0.15, 0.2) is 6.10 Å². The van der Waals surface area contributed by atoms with Gasteiger partial charge in [-0.1, -0.05) is 167 Å². The van der Waals surface area contributed by atoms with Gasteiger partial charge in [-0.2, -0.15) is 0 Å². The molecule has 1 fully saturated rings. The fourth-order valence-corrected chi connectivity index (χ4v) is 8.33. The Hall–Kier alpha value is -1.67. The molecule has 6 N–H and O–H groups in total. The minimum atomic E-state index is -5.12. The van der Waals surface area contributed by atoms with Gasteiger partial charge in [-0.15, -0.1) is 0 Å². The van der Waals surface area contributed by atoms with Gasteiger partial charge in [0.05, 0.1) is 6.61 Å². The van der Waals surface area contributed by atoms with Gasteiger partial charge in [0.25, 0.3) is 0 Å². The summed E-state index contributed by atoms with van der Waals surface area (Å²) in [5.41, 5.74) is 0. The van der Waals surface area contributed by atoms with E-state index in [1.54, 1.807) is 0 Å². The third-order valence-corrected chi connectivity index (χ3v) is 12.3. The number of rotatable bonds is 40. The van der Waals surface area contributed by atoms with Crippen LogP contribution in [0.15, 0.2) is 24.3 Å². The van der Waals surface area contributed by atoms with Gasteiger partial charge >= 0.3 is 19.8 Å². The van der Waals surface area contributed by atoms with Gasteiger partial charge in [0.1, 0.15) is 43.2 Å². The number of unbranched alkanes of at least 4 members (excludes halogenated alkanes) is 24. The molecule has 0 aromatic carbocycles. The molecule has 0 spiro atoms. The number of carbonyl (C=O) groups excluding carboxylic acids is 2. The number of hydrogen-bond donors (Lipinski definition) is 6. The minimum absolute atomic E-state index is 0.0851. The van der Waals surface area contributed by atoms with Gasteiger partial charge in [0.2, 0.25) is 0 Å². The zero-order chi connectivity index (χ0) is 45.0. The topological polar surface area (TPSA) is 210 Å². The van der Waals surface area contributed by atoms with Crippen molar-refractivity contribution in [1.29, 1.82) is 0 Å². The normalized spacial score (nSPS) is 22.2. The Bertz CT molecular complexity index is 1170. The van der Waals surface area contributed by atoms with Crippen molar-refractivity contribution in [3.05, 3.63) is 24.3 Å². The van der Waals surface area contributed by atoms with Crippen LogP contribution in [0.2, 0.25) is 0 Å². The summed E-state index contributed by atoms with van der Waals surface area (Å²) in [7, 11) is -5.12. The van der Waals surface area contributed by atoms with E-state index >= 15 is 0 Å². The second-order valence-corrected chi connectivity index (χ2v) is 18.4. The van der Waals surface area contributed by atoms with Crippen LogP contribution >= 0.6 is 7.82 Å². The monoisotopic (exact) mass is 891 g/mol. The van der Waals surface area contributed by atoms with E-state index in [1.807, 2.05) is 6.08 Å². The van der Waals surface area contributed by atoms with E-state index < -0.39 is 75.7 Å². The molecule has 1 aliphatic rings. The average molecular weight is 891 g/mol. The highest BCUT2D eigenvalue weighted by Gasteiger charge is 2.51. The van der Waals surface area contributed by atoms with Crippen LogP contribution in [-0.2, 0) is 32.7 Å². The SMILES string of the molecule is CCCCCCCC/C=C/CCCCCCCCCC(=O)O[C@H](COC(=O)CC/C=C/CCCCCCCCCCCCC)COP(=O)(O)OC1C(O)C(O)C(O)[C@H](O)C1O. The second-order valence-electron chi connectivity index (χ2n) is 17.0. The molecular formula is C47H87O13P. The van der Waals surface area contributed by atoms with E-state index in [1.165, 1.54) is 122 Å². The molecule has 1 aliphatic carbocycles. The predicted octanol–water partition coefficient (Wildman–Crippen LogP) is 9.62. The van der Waals surface area contributed by atoms with Crippen LogP contribution in [0.3, 0.4) is 0 Å². The van der Waals surface area contributed by atoms with Gasteiger partial charge in [-0.3, -0.25) is 18.6 Å². The van der Waals surface area contributed by atoms with Gasteiger partial charge < -0.3 is 39.9 Å². The lowest BCUT2D eigenvalue weighted by Gasteiger charge is -2.41. The van der Waals surface area contributed by atoms with E-state index in [4.69, 9.17) is 18.5 Å². The Morgan fingerprint density at radius 2 is 0.869 bits per heavy atom. The molecule has 6 unspecified atom stereocenters. The van der Waals surface area contributed by atoms with Crippen molar-refractivity contribution in [3.8, 4) is 0 Å². The standard InChI is InChI=1S/C47H87O13P/c1-3-5-7-9-11-13-15-17-19-20-22-24-26-28-30-32-34-36-41(49)59-39(38-58-61(55,56)60-47-45(53)43(51)42(50)44(52)46(47)54)37-57-40(48)35-33-31-29-27-25-23-21-18-16-14-12-10-8-6-4-2/h17,19,29,31,39,42-47,50-54H,3-16,18,20-28,30,32-38H2,1-2H3,(H,55,56)/b19-17+,31-29+/t39-,42?,43+,44?,45?,46?,47?/m1/s1. The summed E-state index contributed by atoms with van der Waals surface area (Å²) < 4.78 is 33.5. The zero-order valence-electron chi connectivity index (χ0n) is 38.0. The molecule has 0 aromatic heterocycles. The highest BCUT2D eigenvalue weighted by Crippen LogP contribution is 2.47. The smallest absolute Gasteiger partial charge is 0.462 e. The lowest BCUT2D eigenvalue weighted by Crippen LogP contribution is -2.64. The molecule has 0 radical (unpaired) electrons. The van der Waals surface area contributed by atoms with Crippen molar-refractivity contribution < 1.29 is 63.1 Å². The number of phosphoric acid groups is 1. The number of aliphatic hydroxyl groups excluding tert-OH is 5. The lowest BCUT2D eigenvalue weighted by atomic mass is 9.85. The molecule has 1 saturated carbocycles. The van der Waals surface area contributed by atoms with Gasteiger partial charge in [-0.05, 0) is 51.4 Å². The van der Waals surface area contributed by atoms with E-state index in [2.05, 4.69) is 32.1 Å². The summed E-state index contributed by atoms with van der Waals surface area (Å²) in [6.07, 6.45) is 28.1. The van der Waals surface area contributed by atoms with E-state index in [9.17, 15) is 44.6 Å². The van der Waals surface area contributed by atoms with Crippen LogP contribution in [-0.4, -0.2) is 98.3 Å². The first-order valence-corrected chi connectivity index (χ1v) is 25.6. The first-order valence-electron chi connectivity index (χ1n) is 24.1. The molecule has 0 aliphatic heterocycles. The van der Waals surface area contributed by atoms with Crippen LogP contribution in [0.4, 0.5) is 0 Å². The summed E-state index contributed by atoms with van der Waals surface area (Å²) in [5.74, 6) is -1.15. The van der Waals surface area contributed by atoms with Crippen LogP contribution in [0, 0.1) is 0 Å². The van der Waals surface area contributed by atoms with Crippen molar-refractivity contribution in [2.45, 2.75) is 249 Å². The number of allylic oxidation sites excluding steroid dienone is 4. The van der Waals surface area contributed by atoms with E-state index in [0.717, 1.165) is 44.9 Å². The second kappa shape index (κ2) is 37.7. The van der Waals surface area contributed by atoms with Crippen molar-refractivity contribution in [2.75, 3.05) is 13.2 Å². The number of esters is 2. The van der Waals surface area contributed by atoms with Crippen LogP contribution in [0.5, 0.6) is 0 Å². The molecule has 14 heteroatoms. The maximum Gasteiger partial charge on any atom is 0.472 e. The number of carbonyl (C=O) groups is 2. The number of hydrogen-bond acceptors (Lipinski definition) is 12. The third kappa shape index (κ3) is 30.2. The molecule has 8 atom stereocenters. The van der Waals surface area contributed by atoms with Crippen LogP contribution < -0.4 is 0 Å². The Morgan fingerprint density at radius 1 is 0.492 bits per heavy atom. The first kappa shape index (κ1) is 57.3. The third-order valence-electron chi connectivity index (χ3n) is 11.3. The number of ether oxygens (including phenoxy) is 2. The van der Waals surface area contributed by atoms with Crippen molar-refractivity contribution in [3.63, 3.8) is 0 Å². The Balaban J connectivity index is 2.46. The maximum absolute atomic E-state index is 12.8. The molecule has 0 saturated heterocycles. The fourth-order valence-electron chi connectivity index (χ4n) is 7.36. The number of aliphatic hydroxyl groups is 5. The highest BCUT2D eigenvalue weighted by molar-refractivity contribution is 7.47. The van der Waals surface area contributed by atoms with E-state index in [0.29, 0.717) is 12.8 Å². The largest absolute Gasteiger partial charge is 0.472 e. The Kier molecular flexibility index (Phi) is 35.4. The fraction of sp³-hybridized carbons (Fsp3) is 0.872. The molecule has 61 heavy (non-hydrogen) atoms. The molecule has 0 aromatic rings. The Labute approximate surface area is 368 Å². The number of phosphoric ester groups is 1. The summed E-state index contributed by atoms with van der Waals surface area (Å²) in [4.78, 5) is 35.7. The van der Waals surface area contributed by atoms with Crippen LogP contribution in [0.25, 0.3) is 0 Å². The molecule has 0 amide bonds. The van der Waals surface area contributed by atoms with Crippen molar-refractivity contribution >= 4 is 19.8 Å². The molecule has 0 bridgehead atoms. The summed E-state index contributed by atoms with van der Waals surface area (Å²) in [6, 6.07) is 0. The summed E-state index contributed by atoms with van der Waals surface area (Å²) in [5, 5.41) is 50.2. The van der Waals surface area contributed by atoms with Crippen molar-refractivity contribution in [2.24, 2.45) is 0 Å². The molecule has 1 rings (SSSR count). The zero-order valence-corrected chi connectivity index (χ0v) is 38.9. The minimum Gasteiger partial charge on any atom is -0.462 e. The molecule has 13 nitrogen and oxygen atoms in total. The van der Waals surface area contributed by atoms with Crippen molar-refractivity contribution in [1.82, 2.24) is 0 Å². The average Bonchev–Trinajstić information content (AvgIpc) is 3.24. The lowest BCUT2D eigenvalue weighted by molar-refractivity contribution is -0.220. The quantitative estimate of drug-likeness (QED) is 0.0147. The molecular weight excluding hydrogens is 803 g/mol. The Morgan fingerprint density at radius 3 is 1.31 bits per heavy atom. The summed E-state index contributed by atoms with van der Waals surface area (Å²) in [6.45, 7) is 3.27. The molecule has 0 heterocycles. The van der Waals surface area contributed by atoms with Gasteiger partial charge in [-0.25, -0.2) is 4.57 Å². The first-order chi connectivity index (χ1) is 29.4. The van der Waals surface area contributed by atoms with Gasteiger partial charge in [0, 0.05) is 12.8 Å². The summed E-state index contributed by atoms with van der Waals surface area (Å²) >= 11 is 0. The molecule has 358 valence electrons. The van der Waals surface area contributed by atoms with E-state index in [-0.39, 0.29) is 12.8 Å².